The Hall–Kier alpha value is -1.55. The first-order chi connectivity index (χ1) is 8.13. The lowest BCUT2D eigenvalue weighted by atomic mass is 10.2. The quantitative estimate of drug-likeness (QED) is 0.790. The third-order valence-electron chi connectivity index (χ3n) is 2.28. The minimum Gasteiger partial charge on any atom is -0.494 e. The predicted molar refractivity (Wildman–Crippen MR) is 66.2 cm³/mol. The molecule has 0 fully saturated rings. The van der Waals surface area contributed by atoms with E-state index in [2.05, 4.69) is 5.32 Å². The van der Waals surface area contributed by atoms with Crippen molar-refractivity contribution in [2.75, 3.05) is 13.2 Å². The Bertz CT molecular complexity index is 346. The normalized spacial score (nSPS) is 11.9. The van der Waals surface area contributed by atoms with Crippen LogP contribution in [0.5, 0.6) is 5.75 Å². The van der Waals surface area contributed by atoms with Gasteiger partial charge in [-0.15, -0.1) is 0 Å². The molecule has 17 heavy (non-hydrogen) atoms. The first kappa shape index (κ1) is 13.5. The molecule has 0 saturated carbocycles. The van der Waals surface area contributed by atoms with Crippen molar-refractivity contribution >= 4 is 5.91 Å². The van der Waals surface area contributed by atoms with Crippen LogP contribution in [0.25, 0.3) is 0 Å². The molecule has 1 amide bonds. The van der Waals surface area contributed by atoms with E-state index in [-0.39, 0.29) is 5.91 Å². The van der Waals surface area contributed by atoms with Gasteiger partial charge in [0.2, 0.25) is 0 Å². The van der Waals surface area contributed by atoms with Crippen LogP contribution < -0.4 is 10.1 Å². The smallest absolute Gasteiger partial charge is 0.251 e. The molecule has 4 heteroatoms. The van der Waals surface area contributed by atoms with E-state index in [1.807, 2.05) is 6.92 Å². The predicted octanol–water partition coefficient (Wildman–Crippen LogP) is 1.59. The fourth-order valence-corrected chi connectivity index (χ4v) is 1.37. The van der Waals surface area contributed by atoms with Crippen LogP contribution in [-0.4, -0.2) is 30.3 Å². The van der Waals surface area contributed by atoms with Gasteiger partial charge in [-0.1, -0.05) is 0 Å². The second kappa shape index (κ2) is 6.91. The molecule has 0 aliphatic carbocycles. The number of benzene rings is 1. The Balaban J connectivity index is 2.46. The minimum atomic E-state index is -0.393. The van der Waals surface area contributed by atoms with Crippen molar-refractivity contribution in [3.8, 4) is 5.75 Å². The summed E-state index contributed by atoms with van der Waals surface area (Å²) in [4.78, 5) is 11.7. The molecule has 0 aromatic heterocycles. The number of ether oxygens (including phenoxy) is 1. The Morgan fingerprint density at radius 2 is 2.06 bits per heavy atom. The van der Waals surface area contributed by atoms with Gasteiger partial charge in [0.25, 0.3) is 5.91 Å². The lowest BCUT2D eigenvalue weighted by Gasteiger charge is -2.07. The van der Waals surface area contributed by atoms with E-state index in [4.69, 9.17) is 9.84 Å². The number of hydrogen-bond donors (Lipinski definition) is 2. The van der Waals surface area contributed by atoms with Gasteiger partial charge in [0.1, 0.15) is 5.75 Å². The fourth-order valence-electron chi connectivity index (χ4n) is 1.37. The number of aliphatic hydroxyl groups excluding tert-OH is 1. The first-order valence-corrected chi connectivity index (χ1v) is 5.82. The zero-order chi connectivity index (χ0) is 12.7. The summed E-state index contributed by atoms with van der Waals surface area (Å²) in [5, 5.41) is 11.8. The lowest BCUT2D eigenvalue weighted by Crippen LogP contribution is -2.26. The maximum absolute atomic E-state index is 11.7. The third kappa shape index (κ3) is 4.87. The van der Waals surface area contributed by atoms with Crippen LogP contribution in [0.15, 0.2) is 24.3 Å². The number of amides is 1. The van der Waals surface area contributed by atoms with Gasteiger partial charge < -0.3 is 15.2 Å². The molecule has 1 rings (SSSR count). The summed E-state index contributed by atoms with van der Waals surface area (Å²) in [6.07, 6.45) is 0.165. The average molecular weight is 237 g/mol. The van der Waals surface area contributed by atoms with Crippen molar-refractivity contribution in [3.05, 3.63) is 29.8 Å². The molecule has 1 aromatic carbocycles. The number of aliphatic hydroxyl groups is 1. The van der Waals surface area contributed by atoms with Gasteiger partial charge in [0, 0.05) is 12.1 Å². The van der Waals surface area contributed by atoms with E-state index >= 15 is 0 Å². The van der Waals surface area contributed by atoms with Gasteiger partial charge in [0.15, 0.2) is 0 Å². The van der Waals surface area contributed by atoms with E-state index in [9.17, 15) is 4.79 Å². The molecule has 0 heterocycles. The molecular weight excluding hydrogens is 218 g/mol. The van der Waals surface area contributed by atoms with Crippen molar-refractivity contribution < 1.29 is 14.6 Å². The molecule has 4 nitrogen and oxygen atoms in total. The van der Waals surface area contributed by atoms with Crippen LogP contribution >= 0.6 is 0 Å². The summed E-state index contributed by atoms with van der Waals surface area (Å²) in [5.41, 5.74) is 0.596. The standard InChI is InChI=1S/C13H19NO3/c1-3-17-12-6-4-11(5-7-12)13(16)14-9-8-10(2)15/h4-7,10,15H,3,8-9H2,1-2H3,(H,14,16). The molecule has 94 valence electrons. The molecule has 0 spiro atoms. The van der Waals surface area contributed by atoms with Crippen LogP contribution in [0.4, 0.5) is 0 Å². The molecular formula is C13H19NO3. The Kier molecular flexibility index (Phi) is 5.49. The summed E-state index contributed by atoms with van der Waals surface area (Å²) in [6.45, 7) is 4.70. The monoisotopic (exact) mass is 237 g/mol. The zero-order valence-corrected chi connectivity index (χ0v) is 10.3. The number of hydrogen-bond acceptors (Lipinski definition) is 3. The largest absolute Gasteiger partial charge is 0.494 e. The molecule has 2 N–H and O–H groups in total. The Morgan fingerprint density at radius 1 is 1.41 bits per heavy atom. The van der Waals surface area contributed by atoms with E-state index in [0.29, 0.717) is 25.1 Å². The summed E-state index contributed by atoms with van der Waals surface area (Å²) < 4.78 is 5.29. The molecule has 0 saturated heterocycles. The first-order valence-electron chi connectivity index (χ1n) is 5.82. The Morgan fingerprint density at radius 3 is 2.59 bits per heavy atom. The van der Waals surface area contributed by atoms with Crippen LogP contribution in [0, 0.1) is 0 Å². The summed E-state index contributed by atoms with van der Waals surface area (Å²) in [5.74, 6) is 0.627. The van der Waals surface area contributed by atoms with Crippen LogP contribution in [0.2, 0.25) is 0 Å². The molecule has 1 aromatic rings. The van der Waals surface area contributed by atoms with Gasteiger partial charge in [0.05, 0.1) is 12.7 Å². The van der Waals surface area contributed by atoms with E-state index in [0.717, 1.165) is 5.75 Å². The minimum absolute atomic E-state index is 0.131. The molecule has 1 atom stereocenters. The molecule has 0 bridgehead atoms. The molecule has 0 aliphatic heterocycles. The maximum atomic E-state index is 11.7. The van der Waals surface area contributed by atoms with Gasteiger partial charge in [-0.05, 0) is 44.5 Å². The number of nitrogens with one attached hydrogen (secondary N) is 1. The molecule has 0 radical (unpaired) electrons. The highest BCUT2D eigenvalue weighted by atomic mass is 16.5. The van der Waals surface area contributed by atoms with E-state index in [1.54, 1.807) is 31.2 Å². The third-order valence-corrected chi connectivity index (χ3v) is 2.28. The topological polar surface area (TPSA) is 58.6 Å². The second-order valence-corrected chi connectivity index (χ2v) is 3.85. The van der Waals surface area contributed by atoms with Crippen molar-refractivity contribution in [1.29, 1.82) is 0 Å². The van der Waals surface area contributed by atoms with Crippen LogP contribution in [0.3, 0.4) is 0 Å². The summed E-state index contributed by atoms with van der Waals surface area (Å²) in [6, 6.07) is 6.99. The highest BCUT2D eigenvalue weighted by Crippen LogP contribution is 2.11. The van der Waals surface area contributed by atoms with Crippen LogP contribution in [0.1, 0.15) is 30.6 Å². The average Bonchev–Trinajstić information content (AvgIpc) is 2.30. The number of rotatable bonds is 6. The maximum Gasteiger partial charge on any atom is 0.251 e. The van der Waals surface area contributed by atoms with Gasteiger partial charge in [-0.3, -0.25) is 4.79 Å². The molecule has 0 aliphatic rings. The number of carbonyl (C=O) groups is 1. The van der Waals surface area contributed by atoms with E-state index < -0.39 is 6.10 Å². The van der Waals surface area contributed by atoms with Crippen molar-refractivity contribution in [2.45, 2.75) is 26.4 Å². The lowest BCUT2D eigenvalue weighted by molar-refractivity contribution is 0.0945. The SMILES string of the molecule is CCOc1ccc(C(=O)NCCC(C)O)cc1. The highest BCUT2D eigenvalue weighted by molar-refractivity contribution is 5.94. The van der Waals surface area contributed by atoms with Crippen molar-refractivity contribution in [3.63, 3.8) is 0 Å². The van der Waals surface area contributed by atoms with Crippen molar-refractivity contribution in [2.24, 2.45) is 0 Å². The Labute approximate surface area is 102 Å². The van der Waals surface area contributed by atoms with Gasteiger partial charge in [-0.25, -0.2) is 0 Å². The molecule has 1 unspecified atom stereocenters. The zero-order valence-electron chi connectivity index (χ0n) is 10.3. The van der Waals surface area contributed by atoms with Crippen molar-refractivity contribution in [1.82, 2.24) is 5.32 Å². The fraction of sp³-hybridized carbons (Fsp3) is 0.462. The van der Waals surface area contributed by atoms with E-state index in [1.165, 1.54) is 0 Å². The summed E-state index contributed by atoms with van der Waals surface area (Å²) >= 11 is 0. The summed E-state index contributed by atoms with van der Waals surface area (Å²) in [7, 11) is 0. The van der Waals surface area contributed by atoms with Gasteiger partial charge in [-0.2, -0.15) is 0 Å². The second-order valence-electron chi connectivity index (χ2n) is 3.85. The highest BCUT2D eigenvalue weighted by Gasteiger charge is 2.05. The number of carbonyl (C=O) groups excluding carboxylic acids is 1. The van der Waals surface area contributed by atoms with Gasteiger partial charge >= 0.3 is 0 Å². The van der Waals surface area contributed by atoms with Crippen LogP contribution in [-0.2, 0) is 0 Å².